The van der Waals surface area contributed by atoms with Crippen molar-refractivity contribution in [2.45, 2.75) is 133 Å². The van der Waals surface area contributed by atoms with E-state index in [1.807, 2.05) is 60.7 Å². The Morgan fingerprint density at radius 1 is 0.811 bits per heavy atom. The summed E-state index contributed by atoms with van der Waals surface area (Å²) < 4.78 is 61.5. The summed E-state index contributed by atoms with van der Waals surface area (Å²) in [5.41, 5.74) is 6.54. The molecule has 0 spiro atoms. The largest absolute Gasteiger partial charge is 0.360 e. The molecule has 5 heterocycles. The molecule has 53 heavy (non-hydrogen) atoms. The average Bonchev–Trinajstić information content (AvgIpc) is 3.63. The predicted octanol–water partition coefficient (Wildman–Crippen LogP) is 1.86. The second kappa shape index (κ2) is 15.3. The van der Waals surface area contributed by atoms with Crippen LogP contribution in [0.4, 0.5) is 0 Å². The van der Waals surface area contributed by atoms with Crippen LogP contribution in [0.2, 0.25) is 0 Å². The Kier molecular flexibility index (Phi) is 10.9. The van der Waals surface area contributed by atoms with Crippen LogP contribution < -0.4 is 16.2 Å². The number of hydrogen-bond acceptors (Lipinski definition) is 13. The van der Waals surface area contributed by atoms with Gasteiger partial charge in [-0.3, -0.25) is 25.2 Å². The molecular weight excluding hydrogens is 694 g/mol. The normalized spacial score (nSPS) is 35.9. The van der Waals surface area contributed by atoms with E-state index in [1.54, 1.807) is 27.7 Å². The van der Waals surface area contributed by atoms with Crippen LogP contribution in [-0.4, -0.2) is 103 Å². The second-order valence-electron chi connectivity index (χ2n) is 14.6. The summed E-state index contributed by atoms with van der Waals surface area (Å²) in [4.78, 5) is 39.7. The fraction of sp³-hybridized carbons (Fsp3) is 0.595. The van der Waals surface area contributed by atoms with Gasteiger partial charge < -0.3 is 52.7 Å². The maximum absolute atomic E-state index is 13.6. The zero-order chi connectivity index (χ0) is 37.5. The molecule has 3 amide bonds. The summed E-state index contributed by atoms with van der Waals surface area (Å²) >= 11 is 0. The molecule has 5 aliphatic rings. The van der Waals surface area contributed by atoms with Gasteiger partial charge in [0.1, 0.15) is 48.8 Å². The maximum Gasteiger partial charge on any atom is 0.270 e. The van der Waals surface area contributed by atoms with Crippen LogP contribution >= 0.6 is 0 Å². The van der Waals surface area contributed by atoms with E-state index in [0.29, 0.717) is 0 Å². The number of rotatable bonds is 9. The van der Waals surface area contributed by atoms with Gasteiger partial charge in [-0.05, 0) is 40.2 Å². The summed E-state index contributed by atoms with van der Waals surface area (Å²) in [6, 6.07) is 17.9. The van der Waals surface area contributed by atoms with Gasteiger partial charge in [0, 0.05) is 12.5 Å². The van der Waals surface area contributed by atoms with Crippen molar-refractivity contribution in [1.29, 1.82) is 0 Å². The lowest BCUT2D eigenvalue weighted by molar-refractivity contribution is -0.351. The summed E-state index contributed by atoms with van der Waals surface area (Å²) in [7, 11) is 0. The number of benzene rings is 2. The Balaban J connectivity index is 1.06. The van der Waals surface area contributed by atoms with Crippen molar-refractivity contribution < 1.29 is 61.8 Å². The summed E-state index contributed by atoms with van der Waals surface area (Å²) in [5, 5.41) is 2.89. The van der Waals surface area contributed by atoms with Gasteiger partial charge in [0.25, 0.3) is 11.8 Å². The van der Waals surface area contributed by atoms with Crippen molar-refractivity contribution in [1.82, 2.24) is 16.2 Å². The van der Waals surface area contributed by atoms with Crippen LogP contribution in [-0.2, 0) is 68.4 Å². The zero-order valence-corrected chi connectivity index (χ0v) is 30.4. The molecule has 3 N–H and O–H groups in total. The molecule has 1 unspecified atom stereocenters. The molecular formula is C37H47N3O13. The first-order valence-electron chi connectivity index (χ1n) is 17.8. The highest BCUT2D eigenvalue weighted by Gasteiger charge is 2.62. The van der Waals surface area contributed by atoms with Crippen LogP contribution in [0, 0.1) is 0 Å². The minimum absolute atomic E-state index is 0.124. The van der Waals surface area contributed by atoms with Crippen molar-refractivity contribution in [2.24, 2.45) is 0 Å². The fourth-order valence-electron chi connectivity index (χ4n) is 7.21. The van der Waals surface area contributed by atoms with Crippen LogP contribution in [0.1, 0.15) is 59.0 Å². The molecule has 0 bridgehead atoms. The van der Waals surface area contributed by atoms with Crippen molar-refractivity contribution >= 4 is 17.7 Å². The minimum Gasteiger partial charge on any atom is -0.360 e. The number of hydrogen-bond donors (Lipinski definition) is 3. The lowest BCUT2D eigenvalue weighted by Crippen LogP contribution is -2.68. The predicted molar refractivity (Wildman–Crippen MR) is 181 cm³/mol. The van der Waals surface area contributed by atoms with Crippen LogP contribution in [0.3, 0.4) is 0 Å². The summed E-state index contributed by atoms with van der Waals surface area (Å²) in [5.74, 6) is -3.74. The first-order valence-corrected chi connectivity index (χ1v) is 17.8. The molecule has 2 aromatic carbocycles. The van der Waals surface area contributed by atoms with Crippen LogP contribution in [0.5, 0.6) is 0 Å². The number of nitrogens with one attached hydrogen (secondary N) is 3. The van der Waals surface area contributed by atoms with Crippen molar-refractivity contribution in [3.05, 3.63) is 71.8 Å². The number of fused-ring (bicyclic) bond motifs is 4. The monoisotopic (exact) mass is 741 g/mol. The Labute approximate surface area is 307 Å². The molecule has 16 heteroatoms. The van der Waals surface area contributed by atoms with Gasteiger partial charge in [0.05, 0.1) is 13.2 Å². The molecule has 7 rings (SSSR count). The van der Waals surface area contributed by atoms with Gasteiger partial charge in [-0.15, -0.1) is 0 Å². The Bertz CT molecular complexity index is 1610. The molecule has 5 fully saturated rings. The second-order valence-corrected chi connectivity index (χ2v) is 14.6. The van der Waals surface area contributed by atoms with Crippen molar-refractivity contribution in [3.63, 3.8) is 0 Å². The van der Waals surface area contributed by atoms with E-state index in [-0.39, 0.29) is 19.1 Å². The molecule has 288 valence electrons. The summed E-state index contributed by atoms with van der Waals surface area (Å²) in [6.07, 6.45) is -9.60. The Morgan fingerprint density at radius 2 is 1.47 bits per heavy atom. The molecule has 5 saturated heterocycles. The highest BCUT2D eigenvalue weighted by Crippen LogP contribution is 2.44. The maximum atomic E-state index is 13.6. The number of carbonyl (C=O) groups excluding carboxylic acids is 3. The third-order valence-corrected chi connectivity index (χ3v) is 9.49. The van der Waals surface area contributed by atoms with Gasteiger partial charge in [0.15, 0.2) is 36.5 Å². The Morgan fingerprint density at radius 3 is 2.19 bits per heavy atom. The van der Waals surface area contributed by atoms with Gasteiger partial charge >= 0.3 is 0 Å². The van der Waals surface area contributed by atoms with E-state index >= 15 is 0 Å². The molecule has 0 saturated carbocycles. The number of ether oxygens (including phenoxy) is 10. The minimum atomic E-state index is -1.20. The lowest BCUT2D eigenvalue weighted by Gasteiger charge is -2.49. The summed E-state index contributed by atoms with van der Waals surface area (Å²) in [6.45, 7) is 10.1. The zero-order valence-electron chi connectivity index (χ0n) is 30.4. The number of amides is 3. The first kappa shape index (κ1) is 37.8. The van der Waals surface area contributed by atoms with Crippen LogP contribution in [0.25, 0.3) is 0 Å². The average molecular weight is 742 g/mol. The topological polar surface area (TPSA) is 180 Å². The molecule has 0 aromatic heterocycles. The van der Waals surface area contributed by atoms with E-state index < -0.39 is 97.1 Å². The third kappa shape index (κ3) is 8.42. The van der Waals surface area contributed by atoms with Gasteiger partial charge in [-0.1, -0.05) is 60.7 Å². The van der Waals surface area contributed by atoms with Gasteiger partial charge in [0.2, 0.25) is 5.91 Å². The van der Waals surface area contributed by atoms with E-state index in [4.69, 9.17) is 47.4 Å². The standard InChI is InChI=1S/C37H47N3O13/c1-19(31(42)39-40-32(43)29-27-28(51-36(3,4)50-27)30-35(49-29)53-37(5,6)52-30)46-26-24(38-20(2)41)34(44-17-21-13-9-7-10-14-21)47-23-18-45-33(48-25(23)26)22-15-11-8-12-16-22/h7-16,19,23-30,33-35H,17-18H2,1-6H3,(H,38,41)(H,39,42)(H,40,43)/t19?,23-,24-,25+,26-,27-,28+,29+,30-,33+,34+,35-/m1/s1. The Hall–Kier alpha value is -3.55. The lowest BCUT2D eigenvalue weighted by atomic mass is 9.95. The first-order chi connectivity index (χ1) is 25.3. The number of carbonyl (C=O) groups is 3. The number of hydrazine groups is 1. The molecule has 16 nitrogen and oxygen atoms in total. The smallest absolute Gasteiger partial charge is 0.270 e. The van der Waals surface area contributed by atoms with Gasteiger partial charge in [-0.2, -0.15) is 0 Å². The SMILES string of the molecule is CC(=O)N[C@H]1[C@@H](OCc2ccccc2)O[C@@H]2CO[C@H](c3ccccc3)O[C@@H]2[C@@H]1OC(C)C(=O)NNC(=O)[C@H]1O[C@@H]2OC(C)(C)O[C@@H]2[C@H]2OC(C)(C)O[C@H]21. The van der Waals surface area contributed by atoms with Crippen molar-refractivity contribution in [2.75, 3.05) is 6.61 Å². The van der Waals surface area contributed by atoms with E-state index in [2.05, 4.69) is 16.2 Å². The van der Waals surface area contributed by atoms with E-state index in [9.17, 15) is 14.4 Å². The molecule has 0 radical (unpaired) electrons. The quantitative estimate of drug-likeness (QED) is 0.318. The molecule has 2 aromatic rings. The van der Waals surface area contributed by atoms with Crippen LogP contribution in [0.15, 0.2) is 60.7 Å². The van der Waals surface area contributed by atoms with Gasteiger partial charge in [-0.25, -0.2) is 0 Å². The van der Waals surface area contributed by atoms with Crippen molar-refractivity contribution in [3.8, 4) is 0 Å². The molecule has 12 atom stereocenters. The third-order valence-electron chi connectivity index (χ3n) is 9.49. The fourth-order valence-corrected chi connectivity index (χ4v) is 7.21. The molecule has 0 aliphatic carbocycles. The van der Waals surface area contributed by atoms with E-state index in [1.165, 1.54) is 13.8 Å². The molecule has 5 aliphatic heterocycles. The highest BCUT2D eigenvalue weighted by molar-refractivity contribution is 5.86. The highest BCUT2D eigenvalue weighted by atomic mass is 16.9. The van der Waals surface area contributed by atoms with E-state index in [0.717, 1.165) is 11.1 Å².